The molecule has 94 valence electrons. The SMILES string of the molecule is Cc1c(CN)cnc([N+](=O)[O-])c1OC(F)(F)F. The first-order valence-corrected chi connectivity index (χ1v) is 4.35. The van der Waals surface area contributed by atoms with Gasteiger partial charge in [-0.25, -0.2) is 0 Å². The number of aromatic nitrogens is 1. The zero-order valence-corrected chi connectivity index (χ0v) is 8.61. The number of halogens is 3. The molecule has 17 heavy (non-hydrogen) atoms. The molecule has 1 aromatic rings. The summed E-state index contributed by atoms with van der Waals surface area (Å²) in [4.78, 5) is 12.8. The van der Waals surface area contributed by atoms with E-state index in [9.17, 15) is 23.3 Å². The van der Waals surface area contributed by atoms with Crippen molar-refractivity contribution in [2.75, 3.05) is 0 Å². The van der Waals surface area contributed by atoms with Gasteiger partial charge in [-0.15, -0.1) is 13.2 Å². The molecular weight excluding hydrogens is 243 g/mol. The smallest absolute Gasteiger partial charge is 0.396 e. The molecule has 1 rings (SSSR count). The topological polar surface area (TPSA) is 91.3 Å². The molecule has 0 bridgehead atoms. The zero-order valence-electron chi connectivity index (χ0n) is 8.61. The van der Waals surface area contributed by atoms with E-state index >= 15 is 0 Å². The van der Waals surface area contributed by atoms with Gasteiger partial charge in [-0.2, -0.15) is 0 Å². The second-order valence-corrected chi connectivity index (χ2v) is 3.07. The van der Waals surface area contributed by atoms with Gasteiger partial charge in [0.25, 0.3) is 0 Å². The highest BCUT2D eigenvalue weighted by Gasteiger charge is 2.36. The van der Waals surface area contributed by atoms with Gasteiger partial charge in [0.15, 0.2) is 0 Å². The minimum atomic E-state index is -5.02. The van der Waals surface area contributed by atoms with Crippen LogP contribution in [0.5, 0.6) is 5.75 Å². The van der Waals surface area contributed by atoms with E-state index in [1.54, 1.807) is 0 Å². The minimum Gasteiger partial charge on any atom is -0.396 e. The second kappa shape index (κ2) is 4.53. The van der Waals surface area contributed by atoms with Crippen LogP contribution in [0.15, 0.2) is 6.20 Å². The summed E-state index contributed by atoms with van der Waals surface area (Å²) in [6.07, 6.45) is -3.97. The average molecular weight is 251 g/mol. The van der Waals surface area contributed by atoms with E-state index in [1.165, 1.54) is 6.92 Å². The Balaban J connectivity index is 3.35. The third kappa shape index (κ3) is 3.03. The van der Waals surface area contributed by atoms with Crippen molar-refractivity contribution in [3.63, 3.8) is 0 Å². The fraction of sp³-hybridized carbons (Fsp3) is 0.375. The van der Waals surface area contributed by atoms with Gasteiger partial charge in [0.05, 0.1) is 0 Å². The Hall–Kier alpha value is -1.90. The first kappa shape index (κ1) is 13.2. The Morgan fingerprint density at radius 3 is 2.59 bits per heavy atom. The van der Waals surface area contributed by atoms with E-state index in [-0.39, 0.29) is 17.7 Å². The molecule has 1 aromatic heterocycles. The molecule has 6 nitrogen and oxygen atoms in total. The van der Waals surface area contributed by atoms with Crippen LogP contribution in [-0.2, 0) is 6.54 Å². The molecule has 0 spiro atoms. The van der Waals surface area contributed by atoms with Gasteiger partial charge < -0.3 is 20.6 Å². The van der Waals surface area contributed by atoms with Crippen LogP contribution in [0, 0.1) is 17.0 Å². The molecular formula is C8H8F3N3O3. The standard InChI is InChI=1S/C8H8F3N3O3/c1-4-5(2-12)3-13-7(14(15)16)6(4)17-8(9,10)11/h3H,2,12H2,1H3. The van der Waals surface area contributed by atoms with Crippen molar-refractivity contribution < 1.29 is 22.8 Å². The van der Waals surface area contributed by atoms with Crippen molar-refractivity contribution in [3.05, 3.63) is 27.4 Å². The van der Waals surface area contributed by atoms with Crippen LogP contribution >= 0.6 is 0 Å². The molecule has 0 aliphatic rings. The highest BCUT2D eigenvalue weighted by molar-refractivity contribution is 5.49. The van der Waals surface area contributed by atoms with Crippen LogP contribution in [0.4, 0.5) is 19.0 Å². The number of nitro groups is 1. The predicted molar refractivity (Wildman–Crippen MR) is 50.2 cm³/mol. The highest BCUT2D eigenvalue weighted by atomic mass is 19.4. The first-order valence-electron chi connectivity index (χ1n) is 4.35. The summed E-state index contributed by atoms with van der Waals surface area (Å²) in [6, 6.07) is 0. The molecule has 0 aliphatic heterocycles. The van der Waals surface area contributed by atoms with Gasteiger partial charge in [0, 0.05) is 17.7 Å². The fourth-order valence-corrected chi connectivity index (χ4v) is 1.18. The van der Waals surface area contributed by atoms with Gasteiger partial charge in [-0.05, 0) is 16.8 Å². The maximum Gasteiger partial charge on any atom is 0.573 e. The van der Waals surface area contributed by atoms with Gasteiger partial charge in [-0.3, -0.25) is 0 Å². The lowest BCUT2D eigenvalue weighted by atomic mass is 10.1. The summed E-state index contributed by atoms with van der Waals surface area (Å²) in [7, 11) is 0. The van der Waals surface area contributed by atoms with Crippen LogP contribution in [0.3, 0.4) is 0 Å². The maximum atomic E-state index is 12.1. The summed E-state index contributed by atoms with van der Waals surface area (Å²) < 4.78 is 39.9. The number of alkyl halides is 3. The highest BCUT2D eigenvalue weighted by Crippen LogP contribution is 2.34. The molecule has 0 fully saturated rings. The van der Waals surface area contributed by atoms with E-state index in [2.05, 4.69) is 9.72 Å². The van der Waals surface area contributed by atoms with Crippen molar-refractivity contribution >= 4 is 5.82 Å². The monoisotopic (exact) mass is 251 g/mol. The molecule has 0 saturated heterocycles. The van der Waals surface area contributed by atoms with Crippen LogP contribution in [0.25, 0.3) is 0 Å². The van der Waals surface area contributed by atoms with Crippen molar-refractivity contribution in [3.8, 4) is 5.75 Å². The predicted octanol–water partition coefficient (Wildman–Crippen LogP) is 1.66. The number of hydrogen-bond donors (Lipinski definition) is 1. The third-order valence-corrected chi connectivity index (χ3v) is 1.98. The molecule has 0 aromatic carbocycles. The molecule has 0 unspecified atom stereocenters. The largest absolute Gasteiger partial charge is 0.573 e. The average Bonchev–Trinajstić information content (AvgIpc) is 2.18. The fourth-order valence-electron chi connectivity index (χ4n) is 1.18. The van der Waals surface area contributed by atoms with E-state index < -0.39 is 22.9 Å². The second-order valence-electron chi connectivity index (χ2n) is 3.07. The Morgan fingerprint density at radius 2 is 2.18 bits per heavy atom. The van der Waals surface area contributed by atoms with Gasteiger partial charge in [-0.1, -0.05) is 0 Å². The van der Waals surface area contributed by atoms with Crippen LogP contribution in [0.1, 0.15) is 11.1 Å². The van der Waals surface area contributed by atoms with E-state index in [4.69, 9.17) is 5.73 Å². The molecule has 0 saturated carbocycles. The van der Waals surface area contributed by atoms with E-state index in [0.29, 0.717) is 0 Å². The lowest BCUT2D eigenvalue weighted by Gasteiger charge is -2.12. The molecule has 0 amide bonds. The Kier molecular flexibility index (Phi) is 3.51. The Morgan fingerprint density at radius 1 is 1.59 bits per heavy atom. The van der Waals surface area contributed by atoms with Crippen molar-refractivity contribution in [1.82, 2.24) is 4.98 Å². The minimum absolute atomic E-state index is 0.0495. The van der Waals surface area contributed by atoms with Crippen molar-refractivity contribution in [1.29, 1.82) is 0 Å². The molecule has 2 N–H and O–H groups in total. The summed E-state index contributed by atoms with van der Waals surface area (Å²) in [5.41, 5.74) is 5.46. The summed E-state index contributed by atoms with van der Waals surface area (Å²) in [5, 5.41) is 10.5. The number of nitrogens with two attached hydrogens (primary N) is 1. The van der Waals surface area contributed by atoms with Crippen molar-refractivity contribution in [2.45, 2.75) is 19.8 Å². The van der Waals surface area contributed by atoms with E-state index in [1.807, 2.05) is 0 Å². The lowest BCUT2D eigenvalue weighted by molar-refractivity contribution is -0.393. The maximum absolute atomic E-state index is 12.1. The number of nitrogens with zero attached hydrogens (tertiary/aromatic N) is 2. The van der Waals surface area contributed by atoms with Crippen molar-refractivity contribution in [2.24, 2.45) is 5.73 Å². The molecule has 0 aliphatic carbocycles. The number of hydrogen-bond acceptors (Lipinski definition) is 5. The Bertz CT molecular complexity index is 448. The normalized spacial score (nSPS) is 11.4. The molecule has 9 heteroatoms. The number of ether oxygens (including phenoxy) is 1. The molecule has 0 atom stereocenters. The molecule has 0 radical (unpaired) electrons. The molecule has 1 heterocycles. The van der Waals surface area contributed by atoms with Gasteiger partial charge in [0.2, 0.25) is 5.75 Å². The van der Waals surface area contributed by atoms with Gasteiger partial charge >= 0.3 is 12.2 Å². The zero-order chi connectivity index (χ0) is 13.2. The number of pyridine rings is 1. The third-order valence-electron chi connectivity index (χ3n) is 1.98. The quantitative estimate of drug-likeness (QED) is 0.651. The van der Waals surface area contributed by atoms with Gasteiger partial charge in [0.1, 0.15) is 6.20 Å². The Labute approximate surface area is 93.3 Å². The van der Waals surface area contributed by atoms with Crippen LogP contribution in [0.2, 0.25) is 0 Å². The summed E-state index contributed by atoms with van der Waals surface area (Å²) in [6.45, 7) is 1.16. The van der Waals surface area contributed by atoms with Crippen LogP contribution < -0.4 is 10.5 Å². The number of rotatable bonds is 3. The van der Waals surface area contributed by atoms with Crippen LogP contribution in [-0.4, -0.2) is 16.3 Å². The summed E-state index contributed by atoms with van der Waals surface area (Å²) in [5.74, 6) is -1.91. The summed E-state index contributed by atoms with van der Waals surface area (Å²) >= 11 is 0. The van der Waals surface area contributed by atoms with E-state index in [0.717, 1.165) is 6.20 Å². The first-order chi connectivity index (χ1) is 7.76. The lowest BCUT2D eigenvalue weighted by Crippen LogP contribution is -2.19.